The number of nitrogens with one attached hydrogen (secondary N) is 1. The number of Topliss-reactive ketones (excluding diaryl/α,β-unsaturated/α-hetero) is 1. The molecule has 10 nitrogen and oxygen atoms in total. The number of thioether (sulfide) groups is 1. The molecule has 1 N–H and O–H groups in total. The molecule has 0 bridgehead atoms. The van der Waals surface area contributed by atoms with Crippen LogP contribution < -0.4 is 15.0 Å². The highest BCUT2D eigenvalue weighted by atomic mass is 32.2. The lowest BCUT2D eigenvalue weighted by molar-refractivity contribution is -0.159. The van der Waals surface area contributed by atoms with Crippen LogP contribution in [0.2, 0.25) is 0 Å². The summed E-state index contributed by atoms with van der Waals surface area (Å²) < 4.78 is 30.9. The van der Waals surface area contributed by atoms with Crippen molar-refractivity contribution in [1.29, 1.82) is 0 Å². The van der Waals surface area contributed by atoms with Crippen LogP contribution in [0.25, 0.3) is 0 Å². The average Bonchev–Trinajstić information content (AvgIpc) is 3.79. The largest absolute Gasteiger partial charge is 0.433 e. The average molecular weight is 664 g/mol. The van der Waals surface area contributed by atoms with Gasteiger partial charge in [0.2, 0.25) is 5.91 Å². The lowest BCUT2D eigenvalue weighted by Crippen LogP contribution is -2.21. The summed E-state index contributed by atoms with van der Waals surface area (Å²) in [7, 11) is 0. The smallest absolute Gasteiger partial charge is 0.394 e. The number of aliphatic imine (C=N–C) groups is 1. The standard InChI is InChI=1S/C32H31F2N7O3S2/c1-32(33,34)44-25-9-5-6-20(14-25)15-28(43)36-26-10-11-27(38-37-26)41-13-12-22(18-41)31-40-39-29(46-31)17-24(42)16-23-19-45-30(35-23)21-7-3-2-4-8-21/h2-11,14,22-23H,12-13,15-19H2,1H3,(H,36,37,43). The molecule has 2 unspecified atom stereocenters. The van der Waals surface area contributed by atoms with Crippen LogP contribution in [0.4, 0.5) is 20.4 Å². The van der Waals surface area contributed by atoms with E-state index in [-0.39, 0.29) is 48.1 Å². The highest BCUT2D eigenvalue weighted by Gasteiger charge is 2.29. The minimum absolute atomic E-state index is 0.0135. The molecule has 1 amide bonds. The lowest BCUT2D eigenvalue weighted by atomic mass is 10.1. The van der Waals surface area contributed by atoms with Crippen LogP contribution >= 0.6 is 23.1 Å². The Morgan fingerprint density at radius 1 is 1.02 bits per heavy atom. The summed E-state index contributed by atoms with van der Waals surface area (Å²) in [6.45, 7) is 2.10. The van der Waals surface area contributed by atoms with Crippen LogP contribution in [0.5, 0.6) is 5.75 Å². The molecular weight excluding hydrogens is 633 g/mol. The van der Waals surface area contributed by atoms with Crippen molar-refractivity contribution in [2.45, 2.75) is 50.7 Å². The van der Waals surface area contributed by atoms with Gasteiger partial charge in [0.05, 0.1) is 23.9 Å². The van der Waals surface area contributed by atoms with Crippen LogP contribution in [0.1, 0.15) is 46.8 Å². The zero-order valence-corrected chi connectivity index (χ0v) is 26.6. The molecule has 0 radical (unpaired) electrons. The zero-order valence-electron chi connectivity index (χ0n) is 24.9. The number of hydrogen-bond acceptors (Lipinski definition) is 11. The van der Waals surface area contributed by atoms with Gasteiger partial charge in [-0.05, 0) is 36.2 Å². The fourth-order valence-corrected chi connectivity index (χ4v) is 7.36. The fourth-order valence-electron chi connectivity index (χ4n) is 5.29. The van der Waals surface area contributed by atoms with Crippen molar-refractivity contribution < 1.29 is 23.1 Å². The van der Waals surface area contributed by atoms with Gasteiger partial charge in [-0.25, -0.2) is 0 Å². The molecule has 238 valence electrons. The third-order valence-electron chi connectivity index (χ3n) is 7.37. The number of ketones is 1. The van der Waals surface area contributed by atoms with Gasteiger partial charge >= 0.3 is 6.11 Å². The summed E-state index contributed by atoms with van der Waals surface area (Å²) in [5, 5.41) is 22.4. The monoisotopic (exact) mass is 663 g/mol. The number of nitrogens with zero attached hydrogens (tertiary/aromatic N) is 6. The topological polar surface area (TPSA) is 123 Å². The van der Waals surface area contributed by atoms with Gasteiger partial charge < -0.3 is 15.0 Å². The van der Waals surface area contributed by atoms with Crippen LogP contribution in [-0.2, 0) is 22.4 Å². The Kier molecular flexibility index (Phi) is 9.64. The number of alkyl halides is 2. The van der Waals surface area contributed by atoms with Gasteiger partial charge in [-0.2, -0.15) is 8.78 Å². The number of hydrogen-bond donors (Lipinski definition) is 1. The number of carbonyl (C=O) groups excluding carboxylic acids is 2. The van der Waals surface area contributed by atoms with E-state index < -0.39 is 6.11 Å². The van der Waals surface area contributed by atoms with E-state index in [1.54, 1.807) is 36.0 Å². The molecule has 0 aliphatic carbocycles. The molecule has 0 spiro atoms. The van der Waals surface area contributed by atoms with E-state index in [1.807, 2.05) is 30.3 Å². The van der Waals surface area contributed by atoms with Crippen molar-refractivity contribution in [1.82, 2.24) is 20.4 Å². The maximum atomic E-state index is 13.1. The van der Waals surface area contributed by atoms with Crippen molar-refractivity contribution in [2.24, 2.45) is 4.99 Å². The van der Waals surface area contributed by atoms with Crippen molar-refractivity contribution >= 4 is 51.5 Å². The molecular formula is C32H31F2N7O3S2. The highest BCUT2D eigenvalue weighted by molar-refractivity contribution is 8.14. The first-order valence-corrected chi connectivity index (χ1v) is 16.6. The Morgan fingerprint density at radius 2 is 1.87 bits per heavy atom. The first kappa shape index (κ1) is 31.7. The van der Waals surface area contributed by atoms with E-state index in [4.69, 9.17) is 4.99 Å². The normalized spacial score (nSPS) is 18.0. The van der Waals surface area contributed by atoms with Gasteiger partial charge in [-0.3, -0.25) is 14.6 Å². The third-order valence-corrected chi connectivity index (χ3v) is 9.62. The van der Waals surface area contributed by atoms with E-state index in [1.165, 1.54) is 23.5 Å². The minimum Gasteiger partial charge on any atom is -0.433 e. The fraction of sp³-hybridized carbons (Fsp3) is 0.344. The first-order chi connectivity index (χ1) is 22.2. The maximum Gasteiger partial charge on any atom is 0.394 e. The Labute approximate surface area is 272 Å². The van der Waals surface area contributed by atoms with E-state index in [0.29, 0.717) is 31.3 Å². The summed E-state index contributed by atoms with van der Waals surface area (Å²) in [5.41, 5.74) is 1.61. The van der Waals surface area contributed by atoms with E-state index in [0.717, 1.165) is 39.3 Å². The molecule has 0 saturated carbocycles. The second kappa shape index (κ2) is 14.0. The molecule has 2 aliphatic rings. The zero-order chi connectivity index (χ0) is 32.1. The Hall–Kier alpha value is -4.30. The van der Waals surface area contributed by atoms with E-state index in [9.17, 15) is 18.4 Å². The molecule has 2 atom stereocenters. The summed E-state index contributed by atoms with van der Waals surface area (Å²) in [4.78, 5) is 32.2. The minimum atomic E-state index is -3.31. The molecule has 6 rings (SSSR count). The summed E-state index contributed by atoms with van der Waals surface area (Å²) in [6.07, 6.45) is -1.83. The van der Waals surface area contributed by atoms with Gasteiger partial charge in [0, 0.05) is 43.7 Å². The predicted octanol–water partition coefficient (Wildman–Crippen LogP) is 5.56. The number of aromatic nitrogens is 4. The Balaban J connectivity index is 0.967. The SMILES string of the molecule is CC(F)(F)Oc1cccc(CC(=O)Nc2ccc(N3CCC(c4nnc(CC(=O)CC5CSC(c6ccccc6)=N5)s4)C3)nn2)c1. The van der Waals surface area contributed by atoms with Crippen LogP contribution in [0, 0.1) is 0 Å². The van der Waals surface area contributed by atoms with Crippen LogP contribution in [0.15, 0.2) is 71.7 Å². The second-order valence-electron chi connectivity index (χ2n) is 11.2. The quantitative estimate of drug-likeness (QED) is 0.208. The molecule has 14 heteroatoms. The summed E-state index contributed by atoms with van der Waals surface area (Å²) in [5.74, 6) is 1.67. The lowest BCUT2D eigenvalue weighted by Gasteiger charge is -2.16. The van der Waals surface area contributed by atoms with Crippen molar-refractivity contribution in [3.05, 3.63) is 87.9 Å². The molecule has 46 heavy (non-hydrogen) atoms. The van der Waals surface area contributed by atoms with Gasteiger partial charge in [0.15, 0.2) is 11.6 Å². The number of rotatable bonds is 12. The van der Waals surface area contributed by atoms with Crippen molar-refractivity contribution in [2.75, 3.05) is 29.1 Å². The summed E-state index contributed by atoms with van der Waals surface area (Å²) in [6, 6.07) is 19.5. The predicted molar refractivity (Wildman–Crippen MR) is 174 cm³/mol. The molecule has 1 saturated heterocycles. The van der Waals surface area contributed by atoms with Crippen molar-refractivity contribution in [3.63, 3.8) is 0 Å². The highest BCUT2D eigenvalue weighted by Crippen LogP contribution is 2.32. The Bertz CT molecular complexity index is 1710. The Morgan fingerprint density at radius 3 is 2.65 bits per heavy atom. The number of ether oxygens (including phenoxy) is 1. The number of carbonyl (C=O) groups is 2. The third kappa shape index (κ3) is 8.49. The first-order valence-electron chi connectivity index (χ1n) is 14.8. The van der Waals surface area contributed by atoms with E-state index in [2.05, 4.69) is 35.3 Å². The molecule has 4 aromatic rings. The number of anilines is 2. The van der Waals surface area contributed by atoms with Gasteiger partial charge in [0.1, 0.15) is 21.5 Å². The number of amides is 1. The molecule has 2 aliphatic heterocycles. The molecule has 2 aromatic heterocycles. The molecule has 1 fully saturated rings. The van der Waals surface area contributed by atoms with Gasteiger partial charge in [-0.15, -0.1) is 43.5 Å². The molecule has 2 aromatic carbocycles. The van der Waals surface area contributed by atoms with Crippen LogP contribution in [-0.4, -0.2) is 68.1 Å². The van der Waals surface area contributed by atoms with E-state index >= 15 is 0 Å². The van der Waals surface area contributed by atoms with Gasteiger partial charge in [-0.1, -0.05) is 42.5 Å². The molecule has 4 heterocycles. The maximum absolute atomic E-state index is 13.1. The van der Waals surface area contributed by atoms with Gasteiger partial charge in [0.25, 0.3) is 0 Å². The second-order valence-corrected chi connectivity index (χ2v) is 13.3. The van der Waals surface area contributed by atoms with Crippen LogP contribution in [0.3, 0.4) is 0 Å². The van der Waals surface area contributed by atoms with Crippen molar-refractivity contribution in [3.8, 4) is 5.75 Å². The summed E-state index contributed by atoms with van der Waals surface area (Å²) >= 11 is 3.18. The number of halogens is 2. The number of benzene rings is 2.